The van der Waals surface area contributed by atoms with Crippen molar-refractivity contribution in [3.8, 4) is 5.75 Å². The molecule has 2 aromatic carbocycles. The number of nitro benzene ring substituents is 1. The van der Waals surface area contributed by atoms with Crippen LogP contribution >= 0.6 is 11.6 Å². The van der Waals surface area contributed by atoms with Gasteiger partial charge in [0.2, 0.25) is 5.75 Å². The summed E-state index contributed by atoms with van der Waals surface area (Å²) in [6.07, 6.45) is -0.0662. The SMILES string of the molecule is CCOC(=O)C(C)Oc1c(Cl)cc(C=Nn2c(=O)[nH]c3ccccc3c2=O)cc1[N+](=O)[O-]. The van der Waals surface area contributed by atoms with E-state index in [0.717, 1.165) is 12.3 Å². The molecule has 0 saturated carbocycles. The maximum absolute atomic E-state index is 12.5. The number of fused-ring (bicyclic) bond motifs is 1. The summed E-state index contributed by atoms with van der Waals surface area (Å²) >= 11 is 6.15. The number of nitro groups is 1. The van der Waals surface area contributed by atoms with Crippen LogP contribution in [0.5, 0.6) is 5.75 Å². The first-order valence-corrected chi connectivity index (χ1v) is 9.70. The third kappa shape index (κ3) is 4.67. The van der Waals surface area contributed by atoms with E-state index in [-0.39, 0.29) is 28.3 Å². The van der Waals surface area contributed by atoms with E-state index in [9.17, 15) is 24.5 Å². The number of benzene rings is 2. The summed E-state index contributed by atoms with van der Waals surface area (Å²) in [6, 6.07) is 8.77. The van der Waals surface area contributed by atoms with Gasteiger partial charge in [0.15, 0.2) is 6.10 Å². The highest BCUT2D eigenvalue weighted by atomic mass is 35.5. The van der Waals surface area contributed by atoms with Crippen molar-refractivity contribution in [1.82, 2.24) is 9.66 Å². The van der Waals surface area contributed by atoms with E-state index in [1.807, 2.05) is 0 Å². The van der Waals surface area contributed by atoms with Crippen LogP contribution in [0.3, 0.4) is 0 Å². The van der Waals surface area contributed by atoms with Gasteiger partial charge in [-0.25, -0.2) is 9.59 Å². The molecule has 12 heteroatoms. The zero-order valence-electron chi connectivity index (χ0n) is 16.9. The van der Waals surface area contributed by atoms with E-state index in [4.69, 9.17) is 21.1 Å². The first-order valence-electron chi connectivity index (χ1n) is 9.32. The smallest absolute Gasteiger partial charge is 0.349 e. The molecule has 1 unspecified atom stereocenters. The molecule has 0 spiro atoms. The number of nitrogens with zero attached hydrogens (tertiary/aromatic N) is 3. The minimum atomic E-state index is -1.14. The Balaban J connectivity index is 2.00. The number of para-hydroxylation sites is 1. The molecule has 0 amide bonds. The first kappa shape index (κ1) is 22.7. The van der Waals surface area contributed by atoms with Crippen molar-refractivity contribution in [1.29, 1.82) is 0 Å². The van der Waals surface area contributed by atoms with Crippen LogP contribution in [0.2, 0.25) is 5.02 Å². The number of carbonyl (C=O) groups is 1. The summed E-state index contributed by atoms with van der Waals surface area (Å²) in [5.74, 6) is -1.03. The molecule has 1 aromatic heterocycles. The van der Waals surface area contributed by atoms with Gasteiger partial charge in [0.05, 0.1) is 33.7 Å². The standard InChI is InChI=1S/C20H17ClN4O7/c1-3-31-19(27)11(2)32-17-14(21)8-12(9-16(17)25(29)30)10-22-24-18(26)13-6-4-5-7-15(13)23-20(24)28/h4-11H,3H2,1-2H3,(H,23,28). The molecule has 166 valence electrons. The lowest BCUT2D eigenvalue weighted by Crippen LogP contribution is -2.32. The van der Waals surface area contributed by atoms with Crippen LogP contribution in [0.25, 0.3) is 10.9 Å². The Kier molecular flexibility index (Phi) is 6.69. The third-order valence-corrected chi connectivity index (χ3v) is 4.54. The molecule has 3 aromatic rings. The van der Waals surface area contributed by atoms with Gasteiger partial charge < -0.3 is 14.5 Å². The molecule has 1 heterocycles. The van der Waals surface area contributed by atoms with Gasteiger partial charge in [-0.3, -0.25) is 14.9 Å². The van der Waals surface area contributed by atoms with Crippen LogP contribution in [-0.4, -0.2) is 39.5 Å². The van der Waals surface area contributed by atoms with Crippen molar-refractivity contribution in [2.45, 2.75) is 20.0 Å². The van der Waals surface area contributed by atoms with Gasteiger partial charge in [0.1, 0.15) is 0 Å². The largest absolute Gasteiger partial charge is 0.471 e. The molecular formula is C20H17ClN4O7. The van der Waals surface area contributed by atoms with Gasteiger partial charge in [0, 0.05) is 11.6 Å². The summed E-state index contributed by atoms with van der Waals surface area (Å²) < 4.78 is 10.8. The van der Waals surface area contributed by atoms with Crippen LogP contribution in [-0.2, 0) is 9.53 Å². The highest BCUT2D eigenvalue weighted by molar-refractivity contribution is 6.32. The molecule has 0 aliphatic rings. The third-order valence-electron chi connectivity index (χ3n) is 4.26. The molecular weight excluding hydrogens is 444 g/mol. The molecule has 0 bridgehead atoms. The number of H-pyrrole nitrogens is 1. The van der Waals surface area contributed by atoms with Gasteiger partial charge >= 0.3 is 17.3 Å². The fourth-order valence-corrected chi connectivity index (χ4v) is 3.06. The average Bonchev–Trinajstić information content (AvgIpc) is 2.75. The number of aromatic nitrogens is 2. The maximum atomic E-state index is 12.5. The minimum absolute atomic E-state index is 0.116. The van der Waals surface area contributed by atoms with E-state index < -0.39 is 33.9 Å². The van der Waals surface area contributed by atoms with E-state index >= 15 is 0 Å². The summed E-state index contributed by atoms with van der Waals surface area (Å²) in [5, 5.41) is 15.4. The summed E-state index contributed by atoms with van der Waals surface area (Å²) in [5.41, 5.74) is -1.50. The zero-order valence-corrected chi connectivity index (χ0v) is 17.7. The lowest BCUT2D eigenvalue weighted by Gasteiger charge is -2.14. The van der Waals surface area contributed by atoms with Crippen molar-refractivity contribution < 1.29 is 19.2 Å². The number of hydrogen-bond donors (Lipinski definition) is 1. The number of rotatable bonds is 7. The van der Waals surface area contributed by atoms with Crippen LogP contribution < -0.4 is 16.0 Å². The normalized spacial score (nSPS) is 12.1. The van der Waals surface area contributed by atoms with Crippen LogP contribution in [0.15, 0.2) is 51.1 Å². The van der Waals surface area contributed by atoms with Crippen LogP contribution in [0.1, 0.15) is 19.4 Å². The predicted octanol–water partition coefficient (Wildman–Crippen LogP) is 2.46. The highest BCUT2D eigenvalue weighted by Gasteiger charge is 2.25. The fourth-order valence-electron chi connectivity index (χ4n) is 2.79. The Bertz CT molecular complexity index is 1350. The lowest BCUT2D eigenvalue weighted by molar-refractivity contribution is -0.386. The van der Waals surface area contributed by atoms with E-state index in [1.165, 1.54) is 19.1 Å². The molecule has 32 heavy (non-hydrogen) atoms. The molecule has 0 saturated heterocycles. The number of esters is 1. The van der Waals surface area contributed by atoms with Gasteiger partial charge in [-0.2, -0.15) is 5.10 Å². The van der Waals surface area contributed by atoms with Gasteiger partial charge in [0.25, 0.3) is 5.56 Å². The van der Waals surface area contributed by atoms with Crippen molar-refractivity contribution in [3.63, 3.8) is 0 Å². The number of aromatic amines is 1. The van der Waals surface area contributed by atoms with Crippen molar-refractivity contribution in [2.24, 2.45) is 5.10 Å². The summed E-state index contributed by atoms with van der Waals surface area (Å²) in [4.78, 5) is 49.8. The fraction of sp³-hybridized carbons (Fsp3) is 0.200. The number of nitrogens with one attached hydrogen (secondary N) is 1. The summed E-state index contributed by atoms with van der Waals surface area (Å²) in [7, 11) is 0. The van der Waals surface area contributed by atoms with Gasteiger partial charge in [-0.1, -0.05) is 23.7 Å². The monoisotopic (exact) mass is 460 g/mol. The minimum Gasteiger partial charge on any atom is -0.471 e. The molecule has 0 aliphatic carbocycles. The molecule has 3 rings (SSSR count). The number of carbonyl (C=O) groups excluding carboxylic acids is 1. The Labute approximate surface area is 185 Å². The van der Waals surface area contributed by atoms with Crippen molar-refractivity contribution >= 4 is 40.4 Å². The first-order chi connectivity index (χ1) is 15.2. The summed E-state index contributed by atoms with van der Waals surface area (Å²) in [6.45, 7) is 3.09. The quantitative estimate of drug-likeness (QED) is 0.246. The predicted molar refractivity (Wildman–Crippen MR) is 117 cm³/mol. The second kappa shape index (κ2) is 9.43. The topological polar surface area (TPSA) is 146 Å². The van der Waals surface area contributed by atoms with Crippen molar-refractivity contribution in [2.75, 3.05) is 6.61 Å². The van der Waals surface area contributed by atoms with E-state index in [2.05, 4.69) is 10.1 Å². The zero-order chi connectivity index (χ0) is 23.4. The highest BCUT2D eigenvalue weighted by Crippen LogP contribution is 2.36. The Morgan fingerprint density at radius 2 is 2.06 bits per heavy atom. The van der Waals surface area contributed by atoms with Crippen LogP contribution in [0, 0.1) is 10.1 Å². The second-order valence-electron chi connectivity index (χ2n) is 6.46. The molecule has 0 aliphatic heterocycles. The molecule has 0 radical (unpaired) electrons. The van der Waals surface area contributed by atoms with Gasteiger partial charge in [-0.05, 0) is 32.0 Å². The average molecular weight is 461 g/mol. The lowest BCUT2D eigenvalue weighted by atomic mass is 10.2. The van der Waals surface area contributed by atoms with Crippen LogP contribution in [0.4, 0.5) is 5.69 Å². The number of ether oxygens (including phenoxy) is 2. The van der Waals surface area contributed by atoms with E-state index in [1.54, 1.807) is 25.1 Å². The second-order valence-corrected chi connectivity index (χ2v) is 6.86. The molecule has 0 fully saturated rings. The maximum Gasteiger partial charge on any atom is 0.349 e. The Morgan fingerprint density at radius 1 is 1.34 bits per heavy atom. The Morgan fingerprint density at radius 3 is 2.75 bits per heavy atom. The number of hydrogen-bond acceptors (Lipinski definition) is 8. The molecule has 1 N–H and O–H groups in total. The Hall–Kier alpha value is -3.99. The van der Waals surface area contributed by atoms with E-state index in [0.29, 0.717) is 10.2 Å². The van der Waals surface area contributed by atoms with Gasteiger partial charge in [-0.15, -0.1) is 4.68 Å². The van der Waals surface area contributed by atoms with Crippen molar-refractivity contribution in [3.05, 3.63) is 77.9 Å². The molecule has 11 nitrogen and oxygen atoms in total. The molecule has 1 atom stereocenters. The number of halogens is 1.